The molecule has 0 radical (unpaired) electrons. The van der Waals surface area contributed by atoms with E-state index in [-0.39, 0.29) is 19.4 Å². The highest BCUT2D eigenvalue weighted by molar-refractivity contribution is 7.85. The first-order valence-corrected chi connectivity index (χ1v) is 23.9. The van der Waals surface area contributed by atoms with Crippen LogP contribution in [0.1, 0.15) is 174 Å². The number of aliphatic hydroxyl groups excluding tert-OH is 3. The van der Waals surface area contributed by atoms with Crippen LogP contribution < -0.4 is 0 Å². The molecule has 1 heterocycles. The van der Waals surface area contributed by atoms with Crippen LogP contribution in [-0.2, 0) is 38.7 Å². The molecule has 1 fully saturated rings. The van der Waals surface area contributed by atoms with Crippen molar-refractivity contribution in [1.82, 2.24) is 0 Å². The number of aliphatic hydroxyl groups is 3. The van der Waals surface area contributed by atoms with Gasteiger partial charge < -0.3 is 34.3 Å². The number of unbranched alkanes of at least 4 members (excludes halogenated alkanes) is 18. The first-order chi connectivity index (χ1) is 28.0. The Bertz CT molecular complexity index is 1280. The average molecular weight is 843 g/mol. The standard InChI is InChI=1S/C45H78O12S/c1-3-5-7-9-11-13-15-17-19-21-23-25-27-29-31-33-40(46)54-35-38(36-55-45-44(50)43(49)42(48)39(57-45)37-58(51,52)53)56-41(47)34-32-30-28-26-24-22-20-18-16-14-12-10-8-6-4-2/h11,13,16-17,19-20,38-39,42-45,48-50H,3-10,12,14-15,21-37H2,1-2H3,(H,51,52,53)/b13-11+,19-17+/t18?,38-,39-,42-,43?,44?,45+/m1/s1. The lowest BCUT2D eigenvalue weighted by atomic mass is 10.00. The van der Waals surface area contributed by atoms with Gasteiger partial charge in [-0.2, -0.15) is 8.42 Å². The van der Waals surface area contributed by atoms with Gasteiger partial charge in [-0.3, -0.25) is 14.1 Å². The van der Waals surface area contributed by atoms with Crippen LogP contribution in [0.3, 0.4) is 0 Å². The Kier molecular flexibility index (Phi) is 32.8. The zero-order chi connectivity index (χ0) is 42.7. The minimum atomic E-state index is -4.61. The quantitative estimate of drug-likeness (QED) is 0.0155. The Hall–Kier alpha value is -2.35. The predicted molar refractivity (Wildman–Crippen MR) is 228 cm³/mol. The monoisotopic (exact) mass is 843 g/mol. The number of esters is 2. The molecule has 0 saturated carbocycles. The summed E-state index contributed by atoms with van der Waals surface area (Å²) < 4.78 is 54.0. The number of hydrogen-bond donors (Lipinski definition) is 4. The van der Waals surface area contributed by atoms with Crippen LogP contribution in [0.25, 0.3) is 0 Å². The minimum Gasteiger partial charge on any atom is -0.462 e. The van der Waals surface area contributed by atoms with E-state index in [2.05, 4.69) is 56.0 Å². The maximum Gasteiger partial charge on any atom is 0.306 e. The third kappa shape index (κ3) is 29.8. The molecule has 0 amide bonds. The third-order valence-electron chi connectivity index (χ3n) is 9.97. The smallest absolute Gasteiger partial charge is 0.306 e. The molecule has 0 aromatic carbocycles. The van der Waals surface area contributed by atoms with Crippen molar-refractivity contribution in [3.63, 3.8) is 0 Å². The van der Waals surface area contributed by atoms with Gasteiger partial charge in [0.2, 0.25) is 0 Å². The van der Waals surface area contributed by atoms with Crippen molar-refractivity contribution in [2.24, 2.45) is 0 Å². The van der Waals surface area contributed by atoms with Crippen molar-refractivity contribution in [3.8, 4) is 0 Å². The largest absolute Gasteiger partial charge is 0.462 e. The topological polar surface area (TPSA) is 186 Å². The molecule has 1 saturated heterocycles. The highest BCUT2D eigenvalue weighted by Gasteiger charge is 2.46. The number of allylic oxidation sites excluding steroid dienone is 5. The van der Waals surface area contributed by atoms with Crippen LogP contribution >= 0.6 is 0 Å². The molecule has 0 aliphatic carbocycles. The second-order valence-electron chi connectivity index (χ2n) is 15.5. The van der Waals surface area contributed by atoms with Gasteiger partial charge in [-0.05, 0) is 82.8 Å². The van der Waals surface area contributed by atoms with Gasteiger partial charge in [0, 0.05) is 12.8 Å². The Morgan fingerprint density at radius 3 is 1.72 bits per heavy atom. The highest BCUT2D eigenvalue weighted by Crippen LogP contribution is 2.24. The summed E-state index contributed by atoms with van der Waals surface area (Å²) >= 11 is 0. The van der Waals surface area contributed by atoms with Gasteiger partial charge in [-0.1, -0.05) is 115 Å². The minimum absolute atomic E-state index is 0.140. The number of ether oxygens (including phenoxy) is 4. The van der Waals surface area contributed by atoms with E-state index in [0.717, 1.165) is 83.5 Å². The molecular weight excluding hydrogens is 765 g/mol. The van der Waals surface area contributed by atoms with Gasteiger partial charge >= 0.3 is 11.9 Å². The van der Waals surface area contributed by atoms with Crippen molar-refractivity contribution in [3.05, 3.63) is 42.2 Å². The lowest BCUT2D eigenvalue weighted by molar-refractivity contribution is -0.297. The van der Waals surface area contributed by atoms with Crippen molar-refractivity contribution in [2.45, 2.75) is 211 Å². The number of rotatable bonds is 36. The van der Waals surface area contributed by atoms with E-state index < -0.39 is 71.2 Å². The molecule has 2 unspecified atom stereocenters. The SMILES string of the molecule is CCCCC/C=C/C/C=C/CCCCCCCC(=O)OC[C@H](CO[C@H]1O[C@H](CS(=O)(=O)O)[C@@H](O)C(O)C1O)OC(=O)CCCCCCCC=C=CCCCCCCC. The molecule has 1 rings (SSSR count). The number of carbonyl (C=O) groups excluding carboxylic acids is 2. The highest BCUT2D eigenvalue weighted by atomic mass is 32.2. The summed E-state index contributed by atoms with van der Waals surface area (Å²) in [5, 5.41) is 30.8. The van der Waals surface area contributed by atoms with Crippen LogP contribution in [0.4, 0.5) is 0 Å². The molecule has 1 aliphatic heterocycles. The number of carbonyl (C=O) groups is 2. The molecule has 0 bridgehead atoms. The summed E-state index contributed by atoms with van der Waals surface area (Å²) in [5.74, 6) is -2.03. The Labute approximate surface area is 350 Å². The van der Waals surface area contributed by atoms with E-state index >= 15 is 0 Å². The third-order valence-corrected chi connectivity index (χ3v) is 10.7. The molecule has 58 heavy (non-hydrogen) atoms. The van der Waals surface area contributed by atoms with Gasteiger partial charge in [-0.25, -0.2) is 0 Å². The lowest BCUT2D eigenvalue weighted by Gasteiger charge is -2.40. The summed E-state index contributed by atoms with van der Waals surface area (Å²) in [5.41, 5.74) is 3.27. The molecule has 6 atom stereocenters. The molecule has 4 N–H and O–H groups in total. The molecule has 0 aromatic heterocycles. The molecule has 0 aromatic rings. The van der Waals surface area contributed by atoms with Crippen molar-refractivity contribution in [2.75, 3.05) is 19.0 Å². The predicted octanol–water partition coefficient (Wildman–Crippen LogP) is 8.77. The van der Waals surface area contributed by atoms with Gasteiger partial charge in [0.25, 0.3) is 10.1 Å². The van der Waals surface area contributed by atoms with E-state index in [0.29, 0.717) is 12.8 Å². The fourth-order valence-corrected chi connectivity index (χ4v) is 7.14. The lowest BCUT2D eigenvalue weighted by Crippen LogP contribution is -2.60. The molecule has 0 spiro atoms. The Morgan fingerprint density at radius 1 is 0.638 bits per heavy atom. The van der Waals surface area contributed by atoms with E-state index in [1.54, 1.807) is 0 Å². The number of hydrogen-bond acceptors (Lipinski definition) is 11. The van der Waals surface area contributed by atoms with E-state index in [1.807, 2.05) is 0 Å². The Balaban J connectivity index is 2.49. The summed E-state index contributed by atoms with van der Waals surface area (Å²) in [6.07, 6.45) is 28.2. The molecular formula is C45H78O12S. The first kappa shape index (κ1) is 53.7. The first-order valence-electron chi connectivity index (χ1n) is 22.3. The maximum absolute atomic E-state index is 12.8. The van der Waals surface area contributed by atoms with Crippen molar-refractivity contribution >= 4 is 22.1 Å². The molecule has 12 nitrogen and oxygen atoms in total. The van der Waals surface area contributed by atoms with Crippen LogP contribution in [0, 0.1) is 0 Å². The van der Waals surface area contributed by atoms with Gasteiger partial charge in [0.05, 0.1) is 6.61 Å². The zero-order valence-corrected chi connectivity index (χ0v) is 36.5. The van der Waals surface area contributed by atoms with Crippen molar-refractivity contribution in [1.29, 1.82) is 0 Å². The van der Waals surface area contributed by atoms with Crippen LogP contribution in [0.15, 0.2) is 42.2 Å². The van der Waals surface area contributed by atoms with Gasteiger partial charge in [0.1, 0.15) is 36.8 Å². The van der Waals surface area contributed by atoms with E-state index in [4.69, 9.17) is 18.9 Å². The fraction of sp³-hybridized carbons (Fsp3) is 0.800. The normalized spacial score (nSPS) is 20.3. The zero-order valence-electron chi connectivity index (χ0n) is 35.7. The second kappa shape index (κ2) is 35.4. The average Bonchev–Trinajstić information content (AvgIpc) is 3.18. The molecule has 1 aliphatic rings. The second-order valence-corrected chi connectivity index (χ2v) is 17.0. The maximum atomic E-state index is 12.8. The molecule has 336 valence electrons. The van der Waals surface area contributed by atoms with Crippen LogP contribution in [-0.4, -0.2) is 96.0 Å². The summed E-state index contributed by atoms with van der Waals surface area (Å²) in [6, 6.07) is 0. The summed E-state index contributed by atoms with van der Waals surface area (Å²) in [4.78, 5) is 25.4. The van der Waals surface area contributed by atoms with Gasteiger partial charge in [0.15, 0.2) is 12.4 Å². The summed E-state index contributed by atoms with van der Waals surface area (Å²) in [7, 11) is -4.61. The van der Waals surface area contributed by atoms with E-state index in [1.165, 1.54) is 51.4 Å². The van der Waals surface area contributed by atoms with Crippen LogP contribution in [0.2, 0.25) is 0 Å². The fourth-order valence-electron chi connectivity index (χ4n) is 6.45. The molecule has 13 heteroatoms. The summed E-state index contributed by atoms with van der Waals surface area (Å²) in [6.45, 7) is 3.68. The Morgan fingerprint density at radius 2 is 1.14 bits per heavy atom. The van der Waals surface area contributed by atoms with Gasteiger partial charge in [-0.15, -0.1) is 5.73 Å². The van der Waals surface area contributed by atoms with E-state index in [9.17, 15) is 37.9 Å². The van der Waals surface area contributed by atoms with Crippen LogP contribution in [0.5, 0.6) is 0 Å². The van der Waals surface area contributed by atoms with Crippen molar-refractivity contribution < 1.29 is 56.8 Å².